The predicted octanol–water partition coefficient (Wildman–Crippen LogP) is 1.80. The van der Waals surface area contributed by atoms with Gasteiger partial charge in [0.05, 0.1) is 22.7 Å². The summed E-state index contributed by atoms with van der Waals surface area (Å²) in [5.74, 6) is -1.28. The van der Waals surface area contributed by atoms with E-state index in [2.05, 4.69) is 5.32 Å². The molecule has 18 heavy (non-hydrogen) atoms. The number of nitro groups is 1. The fraction of sp³-hybridized carbons (Fsp3) is 0.364. The van der Waals surface area contributed by atoms with Gasteiger partial charge >= 0.3 is 0 Å². The summed E-state index contributed by atoms with van der Waals surface area (Å²) in [6, 6.07) is 2.16. The molecule has 0 aliphatic rings. The first-order chi connectivity index (χ1) is 8.43. The van der Waals surface area contributed by atoms with Crippen LogP contribution in [0.4, 0.5) is 15.8 Å². The topological polar surface area (TPSA) is 98.3 Å². The Morgan fingerprint density at radius 2 is 2.22 bits per heavy atom. The lowest BCUT2D eigenvalue weighted by molar-refractivity contribution is -0.385. The second-order valence-corrected chi connectivity index (χ2v) is 3.84. The van der Waals surface area contributed by atoms with Crippen molar-refractivity contribution in [3.8, 4) is 0 Å². The zero-order valence-electron chi connectivity index (χ0n) is 9.85. The lowest BCUT2D eigenvalue weighted by Crippen LogP contribution is -2.35. The third-order valence-corrected chi connectivity index (χ3v) is 2.30. The maximum absolute atomic E-state index is 13.1. The molecule has 98 valence electrons. The summed E-state index contributed by atoms with van der Waals surface area (Å²) >= 11 is 0. The maximum atomic E-state index is 13.1. The molecule has 0 saturated carbocycles. The molecular formula is C11H14FN3O3. The SMILES string of the molecule is CCC[C@H](N)C(=O)Nc1cc(F)cc([N+](=O)[O-])c1. The first-order valence-electron chi connectivity index (χ1n) is 5.45. The fourth-order valence-corrected chi connectivity index (χ4v) is 1.43. The number of nitrogens with two attached hydrogens (primary N) is 1. The molecule has 0 saturated heterocycles. The number of non-ortho nitro benzene ring substituents is 1. The molecule has 0 aliphatic heterocycles. The van der Waals surface area contributed by atoms with Crippen LogP contribution in [0.3, 0.4) is 0 Å². The molecule has 1 atom stereocenters. The van der Waals surface area contributed by atoms with Crippen LogP contribution in [0.2, 0.25) is 0 Å². The van der Waals surface area contributed by atoms with E-state index in [4.69, 9.17) is 5.73 Å². The number of carbonyl (C=O) groups excluding carboxylic acids is 1. The van der Waals surface area contributed by atoms with Crippen LogP contribution in [0, 0.1) is 15.9 Å². The highest BCUT2D eigenvalue weighted by atomic mass is 19.1. The van der Waals surface area contributed by atoms with E-state index >= 15 is 0 Å². The summed E-state index contributed by atoms with van der Waals surface area (Å²) in [5, 5.41) is 12.9. The van der Waals surface area contributed by atoms with E-state index in [1.54, 1.807) is 0 Å². The molecule has 6 nitrogen and oxygen atoms in total. The summed E-state index contributed by atoms with van der Waals surface area (Å²) in [6.45, 7) is 1.88. The standard InChI is InChI=1S/C11H14FN3O3/c1-2-3-10(13)11(16)14-8-4-7(12)5-9(6-8)15(17)18/h4-6,10H,2-3,13H2,1H3,(H,14,16)/t10-/m0/s1. The lowest BCUT2D eigenvalue weighted by Gasteiger charge is -2.11. The average molecular weight is 255 g/mol. The van der Waals surface area contributed by atoms with Gasteiger partial charge in [-0.1, -0.05) is 13.3 Å². The van der Waals surface area contributed by atoms with Crippen molar-refractivity contribution in [1.82, 2.24) is 0 Å². The van der Waals surface area contributed by atoms with Crippen LogP contribution in [0.25, 0.3) is 0 Å². The zero-order chi connectivity index (χ0) is 13.7. The second kappa shape index (κ2) is 6.06. The van der Waals surface area contributed by atoms with Crippen molar-refractivity contribution in [3.05, 3.63) is 34.1 Å². The van der Waals surface area contributed by atoms with E-state index in [-0.39, 0.29) is 5.69 Å². The molecule has 0 heterocycles. The Morgan fingerprint density at radius 1 is 1.56 bits per heavy atom. The largest absolute Gasteiger partial charge is 0.324 e. The van der Waals surface area contributed by atoms with Gasteiger partial charge in [-0.25, -0.2) is 4.39 Å². The molecule has 3 N–H and O–H groups in total. The molecule has 0 radical (unpaired) electrons. The Balaban J connectivity index is 2.84. The van der Waals surface area contributed by atoms with Crippen LogP contribution in [0.5, 0.6) is 0 Å². The van der Waals surface area contributed by atoms with E-state index in [9.17, 15) is 19.3 Å². The smallest absolute Gasteiger partial charge is 0.274 e. The summed E-state index contributed by atoms with van der Waals surface area (Å²) in [5.41, 5.74) is 5.18. The average Bonchev–Trinajstić information content (AvgIpc) is 2.28. The Labute approximate surface area is 103 Å². The lowest BCUT2D eigenvalue weighted by atomic mass is 10.1. The molecule has 1 aromatic rings. The number of nitrogens with zero attached hydrogens (tertiary/aromatic N) is 1. The maximum Gasteiger partial charge on any atom is 0.274 e. The van der Waals surface area contributed by atoms with Crippen LogP contribution in [0.1, 0.15) is 19.8 Å². The third kappa shape index (κ3) is 3.77. The normalized spacial score (nSPS) is 11.9. The van der Waals surface area contributed by atoms with Gasteiger partial charge in [0, 0.05) is 6.07 Å². The van der Waals surface area contributed by atoms with Crippen LogP contribution in [-0.2, 0) is 4.79 Å². The monoisotopic (exact) mass is 255 g/mol. The summed E-state index contributed by atoms with van der Waals surface area (Å²) in [4.78, 5) is 21.4. The highest BCUT2D eigenvalue weighted by molar-refractivity contribution is 5.94. The van der Waals surface area contributed by atoms with E-state index in [0.29, 0.717) is 6.42 Å². The summed E-state index contributed by atoms with van der Waals surface area (Å²) in [6.07, 6.45) is 1.22. The van der Waals surface area contributed by atoms with E-state index < -0.39 is 28.4 Å². The van der Waals surface area contributed by atoms with Gasteiger partial charge in [-0.15, -0.1) is 0 Å². The number of nitrogens with one attached hydrogen (secondary N) is 1. The number of amides is 1. The quantitative estimate of drug-likeness (QED) is 0.619. The van der Waals surface area contributed by atoms with Gasteiger partial charge in [0.25, 0.3) is 5.69 Å². The van der Waals surface area contributed by atoms with Crippen LogP contribution < -0.4 is 11.1 Å². The Morgan fingerprint density at radius 3 is 2.78 bits per heavy atom. The first-order valence-corrected chi connectivity index (χ1v) is 5.45. The molecule has 0 aliphatic carbocycles. The van der Waals surface area contributed by atoms with Crippen molar-refractivity contribution in [2.45, 2.75) is 25.8 Å². The molecule has 1 aromatic carbocycles. The number of halogens is 1. The number of nitro benzene ring substituents is 1. The van der Waals surface area contributed by atoms with Crippen molar-refractivity contribution in [2.24, 2.45) is 5.73 Å². The number of hydrogen-bond donors (Lipinski definition) is 2. The van der Waals surface area contributed by atoms with Crippen molar-refractivity contribution < 1.29 is 14.1 Å². The fourth-order valence-electron chi connectivity index (χ4n) is 1.43. The molecule has 0 aromatic heterocycles. The number of carbonyl (C=O) groups is 1. The Bertz CT molecular complexity index is 465. The highest BCUT2D eigenvalue weighted by Crippen LogP contribution is 2.20. The van der Waals surface area contributed by atoms with Crippen molar-refractivity contribution in [1.29, 1.82) is 0 Å². The summed E-state index contributed by atoms with van der Waals surface area (Å²) in [7, 11) is 0. The zero-order valence-corrected chi connectivity index (χ0v) is 9.85. The molecule has 0 fully saturated rings. The molecule has 0 spiro atoms. The number of hydrogen-bond acceptors (Lipinski definition) is 4. The molecule has 0 unspecified atom stereocenters. The molecule has 0 bridgehead atoms. The van der Waals surface area contributed by atoms with Crippen molar-refractivity contribution in [3.63, 3.8) is 0 Å². The minimum atomic E-state index is -0.788. The van der Waals surface area contributed by atoms with E-state index in [0.717, 1.165) is 24.6 Å². The van der Waals surface area contributed by atoms with Crippen molar-refractivity contribution >= 4 is 17.3 Å². The molecule has 1 amide bonds. The van der Waals surface area contributed by atoms with Crippen molar-refractivity contribution in [2.75, 3.05) is 5.32 Å². The number of benzene rings is 1. The van der Waals surface area contributed by atoms with E-state index in [1.807, 2.05) is 6.92 Å². The van der Waals surface area contributed by atoms with Gasteiger partial charge in [0.2, 0.25) is 5.91 Å². The van der Waals surface area contributed by atoms with Crippen LogP contribution in [-0.4, -0.2) is 16.9 Å². The first kappa shape index (κ1) is 14.0. The highest BCUT2D eigenvalue weighted by Gasteiger charge is 2.15. The van der Waals surface area contributed by atoms with E-state index in [1.165, 1.54) is 0 Å². The van der Waals surface area contributed by atoms with Gasteiger partial charge in [-0.05, 0) is 12.5 Å². The molecule has 1 rings (SSSR count). The second-order valence-electron chi connectivity index (χ2n) is 3.84. The van der Waals surface area contributed by atoms with Gasteiger partial charge in [-0.3, -0.25) is 14.9 Å². The van der Waals surface area contributed by atoms with Crippen LogP contribution in [0.15, 0.2) is 18.2 Å². The Kier molecular flexibility index (Phi) is 4.73. The summed E-state index contributed by atoms with van der Waals surface area (Å²) < 4.78 is 13.1. The minimum absolute atomic E-state index is 0.0262. The van der Waals surface area contributed by atoms with Crippen LogP contribution >= 0.6 is 0 Å². The number of anilines is 1. The van der Waals surface area contributed by atoms with Gasteiger partial charge < -0.3 is 11.1 Å². The predicted molar refractivity (Wildman–Crippen MR) is 64.6 cm³/mol. The van der Waals surface area contributed by atoms with Gasteiger partial charge in [0.15, 0.2) is 0 Å². The number of rotatable bonds is 5. The van der Waals surface area contributed by atoms with Gasteiger partial charge in [0.1, 0.15) is 5.82 Å². The minimum Gasteiger partial charge on any atom is -0.324 e. The van der Waals surface area contributed by atoms with Gasteiger partial charge in [-0.2, -0.15) is 0 Å². The molecular weight excluding hydrogens is 241 g/mol. The third-order valence-electron chi connectivity index (χ3n) is 2.30. The Hall–Kier alpha value is -2.02. The molecule has 7 heteroatoms.